The van der Waals surface area contributed by atoms with E-state index in [0.29, 0.717) is 6.42 Å². The van der Waals surface area contributed by atoms with Crippen molar-refractivity contribution >= 4 is 17.0 Å². The van der Waals surface area contributed by atoms with Crippen LogP contribution in [0.5, 0.6) is 0 Å². The maximum Gasteiger partial charge on any atom is 0.234 e. The van der Waals surface area contributed by atoms with E-state index >= 15 is 0 Å². The van der Waals surface area contributed by atoms with Crippen molar-refractivity contribution in [3.8, 4) is 0 Å². The lowest BCUT2D eigenvalue weighted by atomic mass is 10.2. The molecule has 3 N–H and O–H groups in total. The van der Waals surface area contributed by atoms with Gasteiger partial charge in [-0.05, 0) is 17.5 Å². The molecule has 0 aliphatic carbocycles. The molecule has 0 saturated heterocycles. The summed E-state index contributed by atoms with van der Waals surface area (Å²) in [5.74, 6) is -0.764. The van der Waals surface area contributed by atoms with E-state index in [1.54, 1.807) is 6.92 Å². The Bertz CT molecular complexity index is 162. The Kier molecular flexibility index (Phi) is 5.01. The molecule has 1 amide bonds. The molecule has 0 heterocycles. The van der Waals surface area contributed by atoms with Crippen LogP contribution >= 0.6 is 0 Å². The predicted octanol–water partition coefficient (Wildman–Crippen LogP) is -1.32. The average Bonchev–Trinajstić information content (AvgIpc) is 1.87. The normalized spacial score (nSPS) is 15.8. The molecule has 0 aliphatic heterocycles. The molecule has 0 aromatic heterocycles. The third-order valence-corrected chi connectivity index (χ3v) is 1.60. The van der Waals surface area contributed by atoms with Crippen molar-refractivity contribution in [1.82, 2.24) is 5.32 Å². The lowest BCUT2D eigenvalue weighted by Crippen LogP contribution is -2.41. The molecule has 0 rings (SSSR count). The fourth-order valence-corrected chi connectivity index (χ4v) is 0.952. The zero-order valence-corrected chi connectivity index (χ0v) is 7.02. The zero-order chi connectivity index (χ0) is 8.85. The lowest BCUT2D eigenvalue weighted by molar-refractivity contribution is -0.119. The van der Waals surface area contributed by atoms with Crippen LogP contribution in [0.25, 0.3) is 0 Å². The summed E-state index contributed by atoms with van der Waals surface area (Å²) in [6, 6.07) is -0.548. The number of carbonyl (C=O) groups excluding carboxylic acids is 1. The van der Waals surface area contributed by atoms with Crippen molar-refractivity contribution in [3.05, 3.63) is 0 Å². The first-order chi connectivity index (χ1) is 5.07. The molecule has 5 nitrogen and oxygen atoms in total. The highest BCUT2D eigenvalue weighted by atomic mass is 32.2. The van der Waals surface area contributed by atoms with Gasteiger partial charge in [0.05, 0.1) is 11.9 Å². The second-order valence-electron chi connectivity index (χ2n) is 2.02. The summed E-state index contributed by atoms with van der Waals surface area (Å²) >= 11 is -2.17. The first-order valence-electron chi connectivity index (χ1n) is 3.16. The quantitative estimate of drug-likeness (QED) is 0.511. The van der Waals surface area contributed by atoms with Gasteiger partial charge in [-0.3, -0.25) is 14.3 Å². The van der Waals surface area contributed by atoms with Crippen molar-refractivity contribution in [3.63, 3.8) is 0 Å². The molecule has 66 valence electrons. The van der Waals surface area contributed by atoms with E-state index in [2.05, 4.69) is 5.32 Å². The first kappa shape index (κ1) is 10.5. The number of carbonyl (C=O) groups is 1. The van der Waals surface area contributed by atoms with Crippen LogP contribution in [0.1, 0.15) is 13.3 Å². The lowest BCUT2D eigenvalue weighted by Gasteiger charge is -2.13. The molecular weight excluding hydrogens is 168 g/mol. The van der Waals surface area contributed by atoms with Gasteiger partial charge in [0, 0.05) is 0 Å². The summed E-state index contributed by atoms with van der Waals surface area (Å²) in [4.78, 5) is 10.5. The second-order valence-corrected chi connectivity index (χ2v) is 2.91. The number of primary amides is 1. The van der Waals surface area contributed by atoms with E-state index in [0.717, 1.165) is 0 Å². The second kappa shape index (κ2) is 5.22. The van der Waals surface area contributed by atoms with Crippen LogP contribution in [0, 0.1) is 0 Å². The molecule has 0 saturated carbocycles. The molecule has 0 spiro atoms. The fraction of sp³-hybridized carbons (Fsp3) is 0.800. The Labute approximate surface area is 67.6 Å². The highest BCUT2D eigenvalue weighted by Gasteiger charge is 2.10. The van der Waals surface area contributed by atoms with Crippen LogP contribution in [-0.2, 0) is 15.9 Å². The van der Waals surface area contributed by atoms with Crippen molar-refractivity contribution in [2.24, 2.45) is 5.73 Å². The van der Waals surface area contributed by atoms with Crippen LogP contribution in [0.4, 0.5) is 0 Å². The standard InChI is InChI=1S/C5H12N2O3S/c1-2-4(5(6)8)7-3-11(9)10/h4,7H,2-3H2,1H3,(H2,6,8)(H,9,10)/p-1. The molecule has 2 unspecified atom stereocenters. The Morgan fingerprint density at radius 3 is 2.64 bits per heavy atom. The molecule has 2 atom stereocenters. The first-order valence-corrected chi connectivity index (χ1v) is 4.41. The van der Waals surface area contributed by atoms with Gasteiger partial charge in [0.15, 0.2) is 0 Å². The van der Waals surface area contributed by atoms with E-state index in [1.165, 1.54) is 0 Å². The van der Waals surface area contributed by atoms with E-state index in [4.69, 9.17) is 5.73 Å². The number of nitrogens with one attached hydrogen (secondary N) is 1. The highest BCUT2D eigenvalue weighted by molar-refractivity contribution is 7.79. The number of rotatable bonds is 5. The number of amides is 1. The summed E-state index contributed by atoms with van der Waals surface area (Å²) in [7, 11) is 0. The molecule has 11 heavy (non-hydrogen) atoms. The molecule has 0 aromatic carbocycles. The Hall–Kier alpha value is -0.460. The number of hydrogen-bond donors (Lipinski definition) is 2. The number of hydrogen-bond acceptors (Lipinski definition) is 4. The summed E-state index contributed by atoms with van der Waals surface area (Å²) in [6.45, 7) is 1.75. The summed E-state index contributed by atoms with van der Waals surface area (Å²) in [6.07, 6.45) is 0.493. The van der Waals surface area contributed by atoms with Crippen molar-refractivity contribution < 1.29 is 13.6 Å². The molecule has 0 radical (unpaired) electrons. The Morgan fingerprint density at radius 1 is 1.82 bits per heavy atom. The van der Waals surface area contributed by atoms with Gasteiger partial charge in [-0.1, -0.05) is 6.92 Å². The topological polar surface area (TPSA) is 95.2 Å². The molecule has 0 aliphatic rings. The SMILES string of the molecule is CCC(NCS(=O)[O-])C(N)=O. The van der Waals surface area contributed by atoms with E-state index in [-0.39, 0.29) is 5.88 Å². The van der Waals surface area contributed by atoms with Gasteiger partial charge in [-0.25, -0.2) is 0 Å². The van der Waals surface area contributed by atoms with Gasteiger partial charge in [-0.15, -0.1) is 0 Å². The van der Waals surface area contributed by atoms with E-state index < -0.39 is 23.0 Å². The monoisotopic (exact) mass is 179 g/mol. The van der Waals surface area contributed by atoms with Gasteiger partial charge >= 0.3 is 0 Å². The smallest absolute Gasteiger partial charge is 0.234 e. The maximum atomic E-state index is 10.5. The van der Waals surface area contributed by atoms with Gasteiger partial charge < -0.3 is 10.3 Å². The van der Waals surface area contributed by atoms with Crippen molar-refractivity contribution in [1.29, 1.82) is 0 Å². The van der Waals surface area contributed by atoms with Crippen LogP contribution in [0.3, 0.4) is 0 Å². The van der Waals surface area contributed by atoms with E-state index in [9.17, 15) is 13.6 Å². The zero-order valence-electron chi connectivity index (χ0n) is 6.20. The minimum atomic E-state index is -2.17. The summed E-state index contributed by atoms with van der Waals surface area (Å²) in [5.41, 5.74) is 4.93. The summed E-state index contributed by atoms with van der Waals surface area (Å²) in [5, 5.41) is 2.48. The van der Waals surface area contributed by atoms with Crippen LogP contribution in [-0.4, -0.2) is 26.6 Å². The third kappa shape index (κ3) is 4.88. The van der Waals surface area contributed by atoms with Crippen LogP contribution < -0.4 is 11.1 Å². The molecule has 0 aromatic rings. The fourth-order valence-electron chi connectivity index (χ4n) is 0.615. The van der Waals surface area contributed by atoms with Crippen molar-refractivity contribution in [2.75, 3.05) is 5.88 Å². The third-order valence-electron chi connectivity index (χ3n) is 1.20. The largest absolute Gasteiger partial charge is 0.771 e. The highest BCUT2D eigenvalue weighted by Crippen LogP contribution is 1.88. The van der Waals surface area contributed by atoms with Gasteiger partial charge in [0.1, 0.15) is 0 Å². The minimum Gasteiger partial charge on any atom is -0.771 e. The molecule has 0 bridgehead atoms. The predicted molar refractivity (Wildman–Crippen MR) is 40.2 cm³/mol. The average molecular weight is 179 g/mol. The minimum absolute atomic E-state index is 0.235. The van der Waals surface area contributed by atoms with Crippen LogP contribution in [0.2, 0.25) is 0 Å². The van der Waals surface area contributed by atoms with Gasteiger partial charge in [0.25, 0.3) is 0 Å². The van der Waals surface area contributed by atoms with Gasteiger partial charge in [-0.2, -0.15) is 0 Å². The Balaban J connectivity index is 3.70. The number of nitrogens with two attached hydrogens (primary N) is 1. The molecular formula is C5H11N2O3S-. The van der Waals surface area contributed by atoms with E-state index in [1.807, 2.05) is 0 Å². The van der Waals surface area contributed by atoms with Crippen LogP contribution in [0.15, 0.2) is 0 Å². The summed E-state index contributed by atoms with van der Waals surface area (Å²) < 4.78 is 20.1. The van der Waals surface area contributed by atoms with Crippen molar-refractivity contribution in [2.45, 2.75) is 19.4 Å². The Morgan fingerprint density at radius 2 is 2.36 bits per heavy atom. The van der Waals surface area contributed by atoms with Gasteiger partial charge in [0.2, 0.25) is 5.91 Å². The maximum absolute atomic E-state index is 10.5. The molecule has 0 fully saturated rings. The molecule has 6 heteroatoms.